The normalized spacial score (nSPS) is 12.7. The van der Waals surface area contributed by atoms with Crippen LogP contribution in [0, 0.1) is 23.8 Å². The summed E-state index contributed by atoms with van der Waals surface area (Å²) >= 11 is 1.70. The summed E-state index contributed by atoms with van der Waals surface area (Å²) in [5.74, 6) is 0.286. The number of nitrogens with zero attached hydrogens (tertiary/aromatic N) is 2. The fraction of sp³-hybridized carbons (Fsp3) is 0.405. The van der Waals surface area contributed by atoms with Crippen LogP contribution in [-0.2, 0) is 30.3 Å². The fourth-order valence-corrected chi connectivity index (χ4v) is 7.29. The Bertz CT molecular complexity index is 2140. The van der Waals surface area contributed by atoms with Crippen LogP contribution in [0.5, 0.6) is 0 Å². The molecule has 6 aromatic rings. The molecule has 0 aliphatic carbocycles. The second-order valence-electron chi connectivity index (χ2n) is 14.6. The average molecular weight is 854 g/mol. The van der Waals surface area contributed by atoms with Crippen molar-refractivity contribution >= 4 is 59.2 Å². The zero-order valence-corrected chi connectivity index (χ0v) is 33.7. The molecule has 0 amide bonds. The van der Waals surface area contributed by atoms with Crippen molar-refractivity contribution in [3.05, 3.63) is 84.1 Å². The minimum absolute atomic E-state index is 0. The van der Waals surface area contributed by atoms with Crippen LogP contribution in [0.15, 0.2) is 71.3 Å². The number of carbonyl (C=O) groups is 1. The van der Waals surface area contributed by atoms with Gasteiger partial charge in [0.05, 0.1) is 6.26 Å². The van der Waals surface area contributed by atoms with E-state index in [1.165, 1.54) is 27.1 Å². The first-order valence-electron chi connectivity index (χ1n) is 17.2. The van der Waals surface area contributed by atoms with Crippen molar-refractivity contribution < 1.29 is 34.4 Å². The van der Waals surface area contributed by atoms with E-state index in [4.69, 9.17) is 9.40 Å². The van der Waals surface area contributed by atoms with Crippen molar-refractivity contribution in [1.82, 2.24) is 9.97 Å². The maximum atomic E-state index is 12.2. The molecule has 0 bridgehead atoms. The SMILES string of the molecule is CCC(C)(CC)C(=O)/C=C(\O)C(C)(CC)CC.Cc1coc2ccc3sc4ncnc(-c5[c-]c6ccccc6c(C(C)(C)C)c5)c4c3c12.[Ir]. The molecule has 3 aromatic heterocycles. The van der Waals surface area contributed by atoms with Crippen LogP contribution in [0.25, 0.3) is 53.3 Å². The van der Waals surface area contributed by atoms with Crippen molar-refractivity contribution in [2.24, 2.45) is 10.8 Å². The zero-order valence-electron chi connectivity index (χ0n) is 30.5. The Morgan fingerprint density at radius 1 is 0.898 bits per heavy atom. The quantitative estimate of drug-likeness (QED) is 0.0938. The van der Waals surface area contributed by atoms with Crippen molar-refractivity contribution in [2.45, 2.75) is 100 Å². The van der Waals surface area contributed by atoms with Gasteiger partial charge in [-0.1, -0.05) is 91.5 Å². The number of benzene rings is 3. The van der Waals surface area contributed by atoms with E-state index in [-0.39, 0.29) is 47.9 Å². The first-order chi connectivity index (χ1) is 22.7. The second-order valence-corrected chi connectivity index (χ2v) is 15.6. The van der Waals surface area contributed by atoms with Crippen molar-refractivity contribution in [1.29, 1.82) is 0 Å². The van der Waals surface area contributed by atoms with Gasteiger partial charge in [0.25, 0.3) is 0 Å². The molecule has 3 heterocycles. The predicted octanol–water partition coefficient (Wildman–Crippen LogP) is 12.5. The van der Waals surface area contributed by atoms with Crippen molar-refractivity contribution in [3.63, 3.8) is 0 Å². The smallest absolute Gasteiger partial charge is 0.164 e. The summed E-state index contributed by atoms with van der Waals surface area (Å²) in [5.41, 5.74) is 4.67. The number of aryl methyl sites for hydroxylation is 1. The maximum absolute atomic E-state index is 12.2. The van der Waals surface area contributed by atoms with Crippen LogP contribution in [0.1, 0.15) is 99.1 Å². The number of aliphatic hydroxyl groups is 1. The molecule has 0 aliphatic heterocycles. The molecule has 0 saturated heterocycles. The third-order valence-electron chi connectivity index (χ3n) is 10.6. The topological polar surface area (TPSA) is 76.2 Å². The number of allylic oxidation sites excluding steroid dienone is 2. The molecule has 49 heavy (non-hydrogen) atoms. The minimum atomic E-state index is -0.337. The number of furan rings is 1. The molecule has 3 aromatic carbocycles. The van der Waals surface area contributed by atoms with Crippen LogP contribution in [0.4, 0.5) is 0 Å². The van der Waals surface area contributed by atoms with Crippen LogP contribution in [-0.4, -0.2) is 20.9 Å². The van der Waals surface area contributed by atoms with Gasteiger partial charge in [0.15, 0.2) is 5.78 Å². The molecule has 261 valence electrons. The van der Waals surface area contributed by atoms with Gasteiger partial charge in [0.1, 0.15) is 22.5 Å². The third-order valence-corrected chi connectivity index (χ3v) is 11.7. The molecule has 0 spiro atoms. The number of thiophene rings is 1. The summed E-state index contributed by atoms with van der Waals surface area (Å²) in [4.78, 5) is 22.6. The summed E-state index contributed by atoms with van der Waals surface area (Å²) in [6.45, 7) is 20.9. The van der Waals surface area contributed by atoms with E-state index >= 15 is 0 Å². The molecule has 0 atom stereocenters. The predicted molar refractivity (Wildman–Crippen MR) is 203 cm³/mol. The number of hydrogen-bond acceptors (Lipinski definition) is 6. The van der Waals surface area contributed by atoms with Gasteiger partial charge in [0.2, 0.25) is 0 Å². The molecular weight excluding hydrogens is 805 g/mol. The van der Waals surface area contributed by atoms with Crippen LogP contribution >= 0.6 is 11.3 Å². The summed E-state index contributed by atoms with van der Waals surface area (Å²) in [6.07, 6.45) is 8.26. The summed E-state index contributed by atoms with van der Waals surface area (Å²) in [7, 11) is 0. The summed E-state index contributed by atoms with van der Waals surface area (Å²) in [6, 6.07) is 18.6. The number of ketones is 1. The van der Waals surface area contributed by atoms with Gasteiger partial charge in [-0.3, -0.25) is 9.78 Å². The first kappa shape index (κ1) is 38.4. The molecule has 0 fully saturated rings. The molecule has 0 saturated carbocycles. The average Bonchev–Trinajstić information content (AvgIpc) is 3.66. The van der Waals surface area contributed by atoms with Crippen LogP contribution in [0.2, 0.25) is 0 Å². The van der Waals surface area contributed by atoms with Crippen molar-refractivity contribution in [2.75, 3.05) is 0 Å². The first-order valence-corrected chi connectivity index (χ1v) is 18.0. The van der Waals surface area contributed by atoms with Gasteiger partial charge in [-0.05, 0) is 55.7 Å². The van der Waals surface area contributed by atoms with Crippen LogP contribution < -0.4 is 0 Å². The second kappa shape index (κ2) is 14.8. The third kappa shape index (κ3) is 7.27. The molecule has 1 N–H and O–H groups in total. The molecule has 0 aliphatic rings. The number of fused-ring (bicyclic) bond motifs is 6. The number of hydrogen-bond donors (Lipinski definition) is 1. The fourth-order valence-electron chi connectivity index (χ4n) is 6.24. The van der Waals surface area contributed by atoms with Gasteiger partial charge >= 0.3 is 0 Å². The standard InChI is InChI=1S/C27H21N2OS.C15H28O2.Ir/c1-15-13-30-20-9-10-21-23(22(15)20)24-25(28-14-29-26(24)31-21)17-11-16-7-5-6-8-18(16)19(12-17)27(2,3)4;1-7-14(5,8-2)12(16)11-13(17)15(6,9-3)10-4;/h5-10,12-14H,1-4H3;11,16H,7-10H2,1-6H3;/q-1;;/b;12-11-;. The Labute approximate surface area is 308 Å². The van der Waals surface area contributed by atoms with Gasteiger partial charge in [-0.25, -0.2) is 4.98 Å². The van der Waals surface area contributed by atoms with E-state index in [0.29, 0.717) is 0 Å². The van der Waals surface area contributed by atoms with E-state index in [1.807, 2.05) is 53.9 Å². The number of carbonyl (C=O) groups excluding carboxylic acids is 1. The monoisotopic (exact) mass is 854 g/mol. The van der Waals surface area contributed by atoms with Crippen LogP contribution in [0.3, 0.4) is 0 Å². The minimum Gasteiger partial charge on any atom is -0.512 e. The summed E-state index contributed by atoms with van der Waals surface area (Å²) in [5, 5.41) is 15.9. The maximum Gasteiger partial charge on any atom is 0.164 e. The zero-order chi connectivity index (χ0) is 35.0. The Kier molecular flexibility index (Phi) is 11.6. The van der Waals surface area contributed by atoms with Gasteiger partial charge < -0.3 is 9.52 Å². The molecular formula is C42H49IrN2O3S-. The molecule has 0 unspecified atom stereocenters. The largest absolute Gasteiger partial charge is 0.512 e. The molecule has 7 heteroatoms. The molecule has 6 rings (SSSR count). The Morgan fingerprint density at radius 3 is 2.18 bits per heavy atom. The van der Waals surface area contributed by atoms with E-state index in [1.54, 1.807) is 17.7 Å². The number of aromatic nitrogens is 2. The molecule has 5 nitrogen and oxygen atoms in total. The van der Waals surface area contributed by atoms with Gasteiger partial charge in [-0.15, -0.1) is 40.5 Å². The van der Waals surface area contributed by atoms with Crippen molar-refractivity contribution in [3.8, 4) is 11.3 Å². The molecule has 1 radical (unpaired) electrons. The van der Waals surface area contributed by atoms with E-state index < -0.39 is 0 Å². The number of rotatable bonds is 8. The van der Waals surface area contributed by atoms with E-state index in [9.17, 15) is 9.90 Å². The van der Waals surface area contributed by atoms with E-state index in [2.05, 4.69) is 75.1 Å². The number of aliphatic hydroxyl groups excluding tert-OH is 1. The van der Waals surface area contributed by atoms with Gasteiger partial charge in [0, 0.05) is 63.6 Å². The Hall–Kier alpha value is -3.38. The van der Waals surface area contributed by atoms with Gasteiger partial charge in [-0.2, -0.15) is 0 Å². The van der Waals surface area contributed by atoms with E-state index in [0.717, 1.165) is 69.1 Å². The Balaban J connectivity index is 0.000000260. The summed E-state index contributed by atoms with van der Waals surface area (Å²) < 4.78 is 7.00. The Morgan fingerprint density at radius 2 is 1.55 bits per heavy atom.